The summed E-state index contributed by atoms with van der Waals surface area (Å²) in [7, 11) is 0. The van der Waals surface area contributed by atoms with E-state index in [0.717, 1.165) is 25.2 Å². The molecule has 1 fully saturated rings. The Labute approximate surface area is 133 Å². The van der Waals surface area contributed by atoms with Crippen molar-refractivity contribution < 1.29 is 0 Å². The Balaban J connectivity index is 1.51. The average Bonchev–Trinajstić information content (AvgIpc) is 3.11. The highest BCUT2D eigenvalue weighted by Gasteiger charge is 2.42. The standard InChI is InChI=1S/C19H27N3/c1-15-4-6-18(7-5-15)14-19(9-10-19)21-16(2)8-12-22-13-11-20-17(22)3/h4-7,11,13,16,21H,8-10,12,14H2,1-3H3. The lowest BCUT2D eigenvalue weighted by Gasteiger charge is -2.23. The smallest absolute Gasteiger partial charge is 0.105 e. The quantitative estimate of drug-likeness (QED) is 0.845. The van der Waals surface area contributed by atoms with Gasteiger partial charge in [0.2, 0.25) is 0 Å². The van der Waals surface area contributed by atoms with Gasteiger partial charge in [0, 0.05) is 30.5 Å². The fraction of sp³-hybridized carbons (Fsp3) is 0.526. The van der Waals surface area contributed by atoms with Gasteiger partial charge in [0.25, 0.3) is 0 Å². The first-order chi connectivity index (χ1) is 10.6. The zero-order valence-corrected chi connectivity index (χ0v) is 14.0. The molecule has 1 saturated carbocycles. The van der Waals surface area contributed by atoms with E-state index in [1.165, 1.54) is 24.0 Å². The van der Waals surface area contributed by atoms with E-state index in [2.05, 4.69) is 66.1 Å². The number of aryl methyl sites for hydroxylation is 3. The molecule has 0 amide bonds. The molecule has 0 radical (unpaired) electrons. The van der Waals surface area contributed by atoms with E-state index in [1.807, 2.05) is 6.20 Å². The summed E-state index contributed by atoms with van der Waals surface area (Å²) in [6.45, 7) is 7.56. The first kappa shape index (κ1) is 15.3. The van der Waals surface area contributed by atoms with Crippen molar-refractivity contribution in [3.8, 4) is 0 Å². The minimum absolute atomic E-state index is 0.346. The van der Waals surface area contributed by atoms with E-state index < -0.39 is 0 Å². The maximum absolute atomic E-state index is 4.29. The molecule has 2 aromatic rings. The summed E-state index contributed by atoms with van der Waals surface area (Å²) in [4.78, 5) is 4.29. The van der Waals surface area contributed by atoms with Crippen LogP contribution in [0.2, 0.25) is 0 Å². The van der Waals surface area contributed by atoms with Crippen LogP contribution in [0.4, 0.5) is 0 Å². The third-order valence-corrected chi connectivity index (χ3v) is 4.80. The van der Waals surface area contributed by atoms with Crippen molar-refractivity contribution in [3.63, 3.8) is 0 Å². The fourth-order valence-corrected chi connectivity index (χ4v) is 3.19. The van der Waals surface area contributed by atoms with Crippen LogP contribution in [-0.2, 0) is 13.0 Å². The summed E-state index contributed by atoms with van der Waals surface area (Å²) in [5.41, 5.74) is 3.14. The van der Waals surface area contributed by atoms with Crippen LogP contribution in [0.5, 0.6) is 0 Å². The van der Waals surface area contributed by atoms with Gasteiger partial charge in [-0.2, -0.15) is 0 Å². The van der Waals surface area contributed by atoms with Gasteiger partial charge in [0.05, 0.1) is 0 Å². The topological polar surface area (TPSA) is 29.9 Å². The van der Waals surface area contributed by atoms with Crippen LogP contribution in [0.3, 0.4) is 0 Å². The minimum atomic E-state index is 0.346. The van der Waals surface area contributed by atoms with Crippen molar-refractivity contribution in [2.24, 2.45) is 0 Å². The van der Waals surface area contributed by atoms with Gasteiger partial charge in [-0.3, -0.25) is 0 Å². The van der Waals surface area contributed by atoms with E-state index in [9.17, 15) is 0 Å². The summed E-state index contributed by atoms with van der Waals surface area (Å²) < 4.78 is 2.23. The van der Waals surface area contributed by atoms with Gasteiger partial charge in [-0.15, -0.1) is 0 Å². The Morgan fingerprint density at radius 2 is 1.95 bits per heavy atom. The van der Waals surface area contributed by atoms with Crippen molar-refractivity contribution in [1.82, 2.24) is 14.9 Å². The molecule has 3 heteroatoms. The Kier molecular flexibility index (Phi) is 4.34. The van der Waals surface area contributed by atoms with Gasteiger partial charge in [-0.1, -0.05) is 29.8 Å². The highest BCUT2D eigenvalue weighted by atomic mass is 15.1. The lowest BCUT2D eigenvalue weighted by molar-refractivity contribution is 0.392. The third-order valence-electron chi connectivity index (χ3n) is 4.80. The van der Waals surface area contributed by atoms with Crippen molar-refractivity contribution in [2.75, 3.05) is 0 Å². The number of hydrogen-bond donors (Lipinski definition) is 1. The minimum Gasteiger partial charge on any atom is -0.335 e. The molecule has 1 aromatic heterocycles. The molecular formula is C19H27N3. The summed E-state index contributed by atoms with van der Waals surface area (Å²) in [5.74, 6) is 1.10. The number of nitrogens with zero attached hydrogens (tertiary/aromatic N) is 2. The number of aromatic nitrogens is 2. The first-order valence-electron chi connectivity index (χ1n) is 8.37. The molecule has 3 nitrogen and oxygen atoms in total. The number of imidazole rings is 1. The van der Waals surface area contributed by atoms with Crippen LogP contribution in [0.1, 0.15) is 43.1 Å². The third kappa shape index (κ3) is 3.77. The lowest BCUT2D eigenvalue weighted by Crippen LogP contribution is -2.40. The summed E-state index contributed by atoms with van der Waals surface area (Å²) in [5, 5.41) is 3.88. The molecule has 1 aliphatic carbocycles. The van der Waals surface area contributed by atoms with E-state index in [1.54, 1.807) is 0 Å². The summed E-state index contributed by atoms with van der Waals surface area (Å²) in [6, 6.07) is 9.52. The number of nitrogens with one attached hydrogen (secondary N) is 1. The highest BCUT2D eigenvalue weighted by Crippen LogP contribution is 2.39. The van der Waals surface area contributed by atoms with Crippen molar-refractivity contribution in [1.29, 1.82) is 0 Å². The van der Waals surface area contributed by atoms with Crippen molar-refractivity contribution in [3.05, 3.63) is 53.6 Å². The second kappa shape index (κ2) is 6.25. The normalized spacial score (nSPS) is 17.4. The maximum atomic E-state index is 4.29. The van der Waals surface area contributed by atoms with E-state index in [4.69, 9.17) is 0 Å². The Hall–Kier alpha value is -1.61. The lowest BCUT2D eigenvalue weighted by atomic mass is 10.0. The second-order valence-electron chi connectivity index (χ2n) is 6.94. The number of hydrogen-bond acceptors (Lipinski definition) is 2. The number of rotatable bonds is 7. The Morgan fingerprint density at radius 1 is 1.23 bits per heavy atom. The van der Waals surface area contributed by atoms with Crippen LogP contribution >= 0.6 is 0 Å². The predicted octanol–water partition coefficient (Wildman–Crippen LogP) is 3.64. The van der Waals surface area contributed by atoms with Crippen molar-refractivity contribution >= 4 is 0 Å². The Morgan fingerprint density at radius 3 is 2.55 bits per heavy atom. The van der Waals surface area contributed by atoms with Crippen molar-refractivity contribution in [2.45, 2.75) is 64.6 Å². The SMILES string of the molecule is Cc1ccc(CC2(NC(C)CCn3ccnc3C)CC2)cc1. The fourth-order valence-electron chi connectivity index (χ4n) is 3.19. The van der Waals surface area contributed by atoms with E-state index in [0.29, 0.717) is 11.6 Å². The molecule has 1 unspecified atom stereocenters. The van der Waals surface area contributed by atoms with Crippen LogP contribution < -0.4 is 5.32 Å². The number of benzene rings is 1. The molecule has 0 spiro atoms. The maximum Gasteiger partial charge on any atom is 0.105 e. The van der Waals surface area contributed by atoms with Crippen LogP contribution in [0.15, 0.2) is 36.7 Å². The van der Waals surface area contributed by atoms with Gasteiger partial charge in [0.1, 0.15) is 5.82 Å². The van der Waals surface area contributed by atoms with Crippen LogP contribution in [-0.4, -0.2) is 21.1 Å². The Bertz CT molecular complexity index is 608. The average molecular weight is 297 g/mol. The molecule has 3 rings (SSSR count). The van der Waals surface area contributed by atoms with Gasteiger partial charge >= 0.3 is 0 Å². The van der Waals surface area contributed by atoms with Gasteiger partial charge in [-0.25, -0.2) is 4.98 Å². The molecule has 22 heavy (non-hydrogen) atoms. The second-order valence-corrected chi connectivity index (χ2v) is 6.94. The van der Waals surface area contributed by atoms with Gasteiger partial charge < -0.3 is 9.88 Å². The van der Waals surface area contributed by atoms with E-state index >= 15 is 0 Å². The molecule has 0 saturated heterocycles. The molecule has 0 aliphatic heterocycles. The highest BCUT2D eigenvalue weighted by molar-refractivity contribution is 5.25. The first-order valence-corrected chi connectivity index (χ1v) is 8.37. The van der Waals surface area contributed by atoms with Crippen LogP contribution in [0, 0.1) is 13.8 Å². The monoisotopic (exact) mass is 297 g/mol. The molecule has 0 bridgehead atoms. The largest absolute Gasteiger partial charge is 0.335 e. The zero-order valence-electron chi connectivity index (χ0n) is 14.0. The molecule has 1 aliphatic rings. The zero-order chi connectivity index (χ0) is 15.6. The molecule has 1 aromatic carbocycles. The molecule has 1 heterocycles. The molecule has 1 N–H and O–H groups in total. The van der Waals surface area contributed by atoms with Gasteiger partial charge in [-0.05, 0) is 52.0 Å². The molecule has 118 valence electrons. The molecular weight excluding hydrogens is 270 g/mol. The predicted molar refractivity (Wildman–Crippen MR) is 91.0 cm³/mol. The summed E-state index contributed by atoms with van der Waals surface area (Å²) >= 11 is 0. The van der Waals surface area contributed by atoms with Crippen LogP contribution in [0.25, 0.3) is 0 Å². The summed E-state index contributed by atoms with van der Waals surface area (Å²) in [6.07, 6.45) is 8.85. The molecule has 1 atom stereocenters. The van der Waals surface area contributed by atoms with E-state index in [-0.39, 0.29) is 0 Å². The van der Waals surface area contributed by atoms with Gasteiger partial charge in [0.15, 0.2) is 0 Å².